The molecule has 1 aromatic heterocycles. The molecule has 2 heterocycles. The number of carbonyl (C=O) groups is 2. The number of aromatic nitrogens is 2. The molecule has 1 aliphatic heterocycles. The number of nitrogens with one attached hydrogen (secondary N) is 1. The van der Waals surface area contributed by atoms with E-state index >= 15 is 0 Å². The topological polar surface area (TPSA) is 67.2 Å². The quantitative estimate of drug-likeness (QED) is 0.940. The van der Waals surface area contributed by atoms with Gasteiger partial charge in [0, 0.05) is 26.1 Å². The van der Waals surface area contributed by atoms with E-state index in [1.54, 1.807) is 29.9 Å². The van der Waals surface area contributed by atoms with E-state index in [1.165, 1.54) is 17.0 Å². The zero-order valence-corrected chi connectivity index (χ0v) is 12.9. The Morgan fingerprint density at radius 2 is 2.13 bits per heavy atom. The Balaban J connectivity index is 1.73. The largest absolute Gasteiger partial charge is 0.311 e. The van der Waals surface area contributed by atoms with E-state index in [2.05, 4.69) is 10.4 Å². The zero-order valence-electron chi connectivity index (χ0n) is 12.9. The number of nitrogens with zero attached hydrogens (tertiary/aromatic N) is 3. The van der Waals surface area contributed by atoms with Gasteiger partial charge in [-0.3, -0.25) is 14.3 Å². The zero-order chi connectivity index (χ0) is 16.6. The smallest absolute Gasteiger partial charge is 0.230 e. The summed E-state index contributed by atoms with van der Waals surface area (Å²) in [6, 6.07) is 7.82. The first-order valence-corrected chi connectivity index (χ1v) is 7.32. The molecule has 0 saturated carbocycles. The van der Waals surface area contributed by atoms with Gasteiger partial charge in [0.1, 0.15) is 11.6 Å². The molecule has 0 bridgehead atoms. The average molecular weight is 316 g/mol. The predicted molar refractivity (Wildman–Crippen MR) is 83.4 cm³/mol. The molecule has 1 atom stereocenters. The number of hydrogen-bond donors (Lipinski definition) is 1. The van der Waals surface area contributed by atoms with Gasteiger partial charge in [-0.25, -0.2) is 4.39 Å². The Kier molecular flexibility index (Phi) is 3.85. The van der Waals surface area contributed by atoms with E-state index < -0.39 is 11.7 Å². The van der Waals surface area contributed by atoms with Gasteiger partial charge in [0.2, 0.25) is 11.8 Å². The van der Waals surface area contributed by atoms with Crippen LogP contribution in [-0.2, 0) is 16.6 Å². The van der Waals surface area contributed by atoms with Gasteiger partial charge < -0.3 is 10.2 Å². The number of amides is 2. The minimum Gasteiger partial charge on any atom is -0.311 e. The van der Waals surface area contributed by atoms with Gasteiger partial charge in [0.25, 0.3) is 0 Å². The number of benzene rings is 1. The maximum Gasteiger partial charge on any atom is 0.230 e. The van der Waals surface area contributed by atoms with E-state index in [1.807, 2.05) is 6.92 Å². The summed E-state index contributed by atoms with van der Waals surface area (Å²) in [4.78, 5) is 25.8. The van der Waals surface area contributed by atoms with Gasteiger partial charge in [-0.1, -0.05) is 12.1 Å². The van der Waals surface area contributed by atoms with Crippen molar-refractivity contribution < 1.29 is 14.0 Å². The Morgan fingerprint density at radius 3 is 2.78 bits per heavy atom. The summed E-state index contributed by atoms with van der Waals surface area (Å²) in [5.74, 6) is -0.928. The van der Waals surface area contributed by atoms with Crippen LogP contribution in [0.2, 0.25) is 0 Å². The van der Waals surface area contributed by atoms with Crippen LogP contribution in [0.15, 0.2) is 30.3 Å². The third-order valence-electron chi connectivity index (χ3n) is 3.89. The minimum atomic E-state index is -0.516. The lowest BCUT2D eigenvalue weighted by atomic mass is 10.1. The maximum absolute atomic E-state index is 13.8. The van der Waals surface area contributed by atoms with Crippen LogP contribution in [0.4, 0.5) is 15.9 Å². The molecule has 0 aliphatic carbocycles. The summed E-state index contributed by atoms with van der Waals surface area (Å²) >= 11 is 0. The fraction of sp³-hybridized carbons (Fsp3) is 0.312. The van der Waals surface area contributed by atoms with Crippen LogP contribution in [-0.4, -0.2) is 28.1 Å². The normalized spacial score (nSPS) is 17.6. The molecule has 2 amide bonds. The average Bonchev–Trinajstić information content (AvgIpc) is 3.02. The standard InChI is InChI=1S/C16H17FN4O2/c1-10-7-14(20(2)19-10)18-16(23)11-8-15(22)21(9-11)13-6-4-3-5-12(13)17/h3-7,11H,8-9H2,1-2H3,(H,18,23). The highest BCUT2D eigenvalue weighted by molar-refractivity contribution is 6.03. The molecule has 120 valence electrons. The van der Waals surface area contributed by atoms with Gasteiger partial charge in [0.15, 0.2) is 0 Å². The van der Waals surface area contributed by atoms with E-state index in [4.69, 9.17) is 0 Å². The van der Waals surface area contributed by atoms with Crippen LogP contribution >= 0.6 is 0 Å². The first-order chi connectivity index (χ1) is 11.0. The van der Waals surface area contributed by atoms with E-state index in [0.29, 0.717) is 5.82 Å². The van der Waals surface area contributed by atoms with Gasteiger partial charge in [-0.15, -0.1) is 0 Å². The lowest BCUT2D eigenvalue weighted by Crippen LogP contribution is -2.29. The van der Waals surface area contributed by atoms with Crippen molar-refractivity contribution in [2.75, 3.05) is 16.8 Å². The van der Waals surface area contributed by atoms with Crippen LogP contribution in [0.3, 0.4) is 0 Å². The van der Waals surface area contributed by atoms with Crippen molar-refractivity contribution >= 4 is 23.3 Å². The molecule has 3 rings (SSSR count). The number of para-hydroxylation sites is 1. The molecule has 6 nitrogen and oxygen atoms in total. The summed E-state index contributed by atoms with van der Waals surface area (Å²) in [7, 11) is 1.73. The van der Waals surface area contributed by atoms with Crippen molar-refractivity contribution in [3.63, 3.8) is 0 Å². The monoisotopic (exact) mass is 316 g/mol. The Morgan fingerprint density at radius 1 is 1.39 bits per heavy atom. The van der Waals surface area contributed by atoms with Crippen LogP contribution in [0.25, 0.3) is 0 Å². The number of rotatable bonds is 3. The molecule has 1 unspecified atom stereocenters. The van der Waals surface area contributed by atoms with Gasteiger partial charge in [-0.05, 0) is 19.1 Å². The lowest BCUT2D eigenvalue weighted by molar-refractivity contribution is -0.122. The molecule has 1 N–H and O–H groups in total. The fourth-order valence-electron chi connectivity index (χ4n) is 2.74. The Labute approximate surface area is 132 Å². The van der Waals surface area contributed by atoms with Crippen molar-refractivity contribution in [1.29, 1.82) is 0 Å². The highest BCUT2D eigenvalue weighted by atomic mass is 19.1. The molecule has 2 aromatic rings. The van der Waals surface area contributed by atoms with Crippen molar-refractivity contribution in [3.8, 4) is 0 Å². The molecule has 7 heteroatoms. The number of anilines is 2. The first-order valence-electron chi connectivity index (χ1n) is 7.32. The predicted octanol–water partition coefficient (Wildman–Crippen LogP) is 1.86. The van der Waals surface area contributed by atoms with Crippen LogP contribution in [0.5, 0.6) is 0 Å². The molecule has 1 fully saturated rings. The molecule has 0 spiro atoms. The molecule has 1 aromatic carbocycles. The second-order valence-corrected chi connectivity index (χ2v) is 5.64. The summed E-state index contributed by atoms with van der Waals surface area (Å²) in [6.45, 7) is 2.00. The van der Waals surface area contributed by atoms with E-state index in [9.17, 15) is 14.0 Å². The highest BCUT2D eigenvalue weighted by Crippen LogP contribution is 2.28. The Hall–Kier alpha value is -2.70. The van der Waals surface area contributed by atoms with Crippen LogP contribution < -0.4 is 10.2 Å². The second kappa shape index (κ2) is 5.83. The van der Waals surface area contributed by atoms with Crippen LogP contribution in [0, 0.1) is 18.7 Å². The highest BCUT2D eigenvalue weighted by Gasteiger charge is 2.36. The molecule has 1 saturated heterocycles. The van der Waals surface area contributed by atoms with E-state index in [-0.39, 0.29) is 30.5 Å². The van der Waals surface area contributed by atoms with Crippen LogP contribution in [0.1, 0.15) is 12.1 Å². The molecular formula is C16H17FN4O2. The van der Waals surface area contributed by atoms with Crippen molar-refractivity contribution in [3.05, 3.63) is 41.8 Å². The number of hydrogen-bond acceptors (Lipinski definition) is 3. The van der Waals surface area contributed by atoms with Gasteiger partial charge >= 0.3 is 0 Å². The fourth-order valence-corrected chi connectivity index (χ4v) is 2.74. The first kappa shape index (κ1) is 15.2. The SMILES string of the molecule is Cc1cc(NC(=O)C2CC(=O)N(c3ccccc3F)C2)n(C)n1. The van der Waals surface area contributed by atoms with Crippen molar-refractivity contribution in [2.24, 2.45) is 13.0 Å². The summed E-state index contributed by atoms with van der Waals surface area (Å²) in [6.07, 6.45) is 0.0665. The van der Waals surface area contributed by atoms with Crippen molar-refractivity contribution in [2.45, 2.75) is 13.3 Å². The minimum absolute atomic E-state index is 0.0665. The lowest BCUT2D eigenvalue weighted by Gasteiger charge is -2.17. The number of halogens is 1. The van der Waals surface area contributed by atoms with Crippen molar-refractivity contribution in [1.82, 2.24) is 9.78 Å². The summed E-state index contributed by atoms with van der Waals surface area (Å²) < 4.78 is 15.4. The second-order valence-electron chi connectivity index (χ2n) is 5.64. The third-order valence-corrected chi connectivity index (χ3v) is 3.89. The van der Waals surface area contributed by atoms with E-state index in [0.717, 1.165) is 5.69 Å². The summed E-state index contributed by atoms with van der Waals surface area (Å²) in [5.41, 5.74) is 1.00. The third kappa shape index (κ3) is 2.94. The number of aryl methyl sites for hydroxylation is 2. The van der Waals surface area contributed by atoms with Gasteiger partial charge in [-0.2, -0.15) is 5.10 Å². The molecule has 0 radical (unpaired) electrons. The molecular weight excluding hydrogens is 299 g/mol. The van der Waals surface area contributed by atoms with Gasteiger partial charge in [0.05, 0.1) is 17.3 Å². The molecule has 1 aliphatic rings. The molecule has 23 heavy (non-hydrogen) atoms. The summed E-state index contributed by atoms with van der Waals surface area (Å²) in [5, 5.41) is 6.92. The maximum atomic E-state index is 13.8. The Bertz CT molecular complexity index is 771. The number of carbonyl (C=O) groups excluding carboxylic acids is 2.